The molecule has 1 unspecified atom stereocenters. The smallest absolute Gasteiger partial charge is 0.310 e. The van der Waals surface area contributed by atoms with Crippen molar-refractivity contribution in [3.63, 3.8) is 0 Å². The van der Waals surface area contributed by atoms with Crippen LogP contribution in [0.3, 0.4) is 0 Å². The molecule has 1 atom stereocenters. The number of benzene rings is 1. The Kier molecular flexibility index (Phi) is 1.61. The van der Waals surface area contributed by atoms with Gasteiger partial charge in [0.05, 0.1) is 6.42 Å². The first-order chi connectivity index (χ1) is 5.77. The Hall–Kier alpha value is -1.31. The Balaban J connectivity index is 2.47. The lowest BCUT2D eigenvalue weighted by molar-refractivity contribution is -0.149. The molecule has 62 valence electrons. The summed E-state index contributed by atoms with van der Waals surface area (Å²) in [5, 5.41) is 0. The summed E-state index contributed by atoms with van der Waals surface area (Å²) in [6, 6.07) is 7.90. The number of carbonyl (C=O) groups is 1. The number of hydrogen-bond donors (Lipinski definition) is 0. The molecule has 1 aliphatic rings. The minimum Gasteiger partial charge on any atom is -0.458 e. The van der Waals surface area contributed by atoms with Gasteiger partial charge < -0.3 is 4.74 Å². The SMILES string of the molecule is CC1OC(=O)Cc2ccccc21. The van der Waals surface area contributed by atoms with Gasteiger partial charge in [-0.1, -0.05) is 24.3 Å². The lowest BCUT2D eigenvalue weighted by Gasteiger charge is -2.21. The van der Waals surface area contributed by atoms with Crippen LogP contribution in [-0.2, 0) is 16.0 Å². The van der Waals surface area contributed by atoms with E-state index in [-0.39, 0.29) is 12.1 Å². The van der Waals surface area contributed by atoms with Gasteiger partial charge in [0, 0.05) is 0 Å². The Morgan fingerprint density at radius 3 is 3.00 bits per heavy atom. The summed E-state index contributed by atoms with van der Waals surface area (Å²) in [6.07, 6.45) is 0.336. The van der Waals surface area contributed by atoms with Gasteiger partial charge in [-0.05, 0) is 18.1 Å². The summed E-state index contributed by atoms with van der Waals surface area (Å²) in [5.74, 6) is -0.124. The Morgan fingerprint density at radius 1 is 1.42 bits per heavy atom. The van der Waals surface area contributed by atoms with Crippen molar-refractivity contribution in [1.82, 2.24) is 0 Å². The highest BCUT2D eigenvalue weighted by molar-refractivity contribution is 5.75. The van der Waals surface area contributed by atoms with Gasteiger partial charge in [-0.2, -0.15) is 0 Å². The van der Waals surface area contributed by atoms with E-state index >= 15 is 0 Å². The third-order valence-electron chi connectivity index (χ3n) is 2.14. The fourth-order valence-electron chi connectivity index (χ4n) is 1.55. The normalized spacial score (nSPS) is 21.4. The number of hydrogen-bond acceptors (Lipinski definition) is 2. The van der Waals surface area contributed by atoms with Crippen LogP contribution in [0.1, 0.15) is 24.2 Å². The van der Waals surface area contributed by atoms with E-state index < -0.39 is 0 Å². The van der Waals surface area contributed by atoms with Crippen molar-refractivity contribution in [2.45, 2.75) is 19.4 Å². The summed E-state index contributed by atoms with van der Waals surface area (Å²) < 4.78 is 5.07. The highest BCUT2D eigenvalue weighted by Gasteiger charge is 2.21. The first kappa shape index (κ1) is 7.35. The van der Waals surface area contributed by atoms with E-state index in [2.05, 4.69) is 0 Å². The molecule has 0 aromatic heterocycles. The van der Waals surface area contributed by atoms with Crippen molar-refractivity contribution in [3.05, 3.63) is 35.4 Å². The van der Waals surface area contributed by atoms with Gasteiger partial charge in [-0.25, -0.2) is 0 Å². The van der Waals surface area contributed by atoms with E-state index in [1.54, 1.807) is 0 Å². The fraction of sp³-hybridized carbons (Fsp3) is 0.300. The maximum Gasteiger partial charge on any atom is 0.310 e. The summed E-state index contributed by atoms with van der Waals surface area (Å²) in [5.41, 5.74) is 2.23. The minimum absolute atomic E-state index is 0.0811. The van der Waals surface area contributed by atoms with Gasteiger partial charge in [-0.3, -0.25) is 4.79 Å². The molecule has 2 rings (SSSR count). The summed E-state index contributed by atoms with van der Waals surface area (Å²) in [4.78, 5) is 11.0. The number of rotatable bonds is 0. The molecule has 0 saturated carbocycles. The molecule has 0 N–H and O–H groups in total. The Morgan fingerprint density at radius 2 is 2.17 bits per heavy atom. The molecule has 0 aliphatic carbocycles. The van der Waals surface area contributed by atoms with Crippen molar-refractivity contribution < 1.29 is 9.53 Å². The molecule has 1 aliphatic heterocycles. The highest BCUT2D eigenvalue weighted by atomic mass is 16.5. The molecule has 0 radical (unpaired) electrons. The van der Waals surface area contributed by atoms with Crippen LogP contribution in [0.25, 0.3) is 0 Å². The van der Waals surface area contributed by atoms with Crippen molar-refractivity contribution >= 4 is 5.97 Å². The molecule has 2 heteroatoms. The number of carbonyl (C=O) groups excluding carboxylic acids is 1. The number of esters is 1. The predicted molar refractivity (Wildman–Crippen MR) is 44.7 cm³/mol. The number of fused-ring (bicyclic) bond motifs is 1. The number of ether oxygens (including phenoxy) is 1. The van der Waals surface area contributed by atoms with Gasteiger partial charge in [0.2, 0.25) is 0 Å². The first-order valence-corrected chi connectivity index (χ1v) is 4.04. The summed E-state index contributed by atoms with van der Waals surface area (Å²) in [6.45, 7) is 1.90. The van der Waals surface area contributed by atoms with Crippen LogP contribution in [0.5, 0.6) is 0 Å². The molecule has 2 nitrogen and oxygen atoms in total. The highest BCUT2D eigenvalue weighted by Crippen LogP contribution is 2.26. The first-order valence-electron chi connectivity index (χ1n) is 4.04. The Bertz CT molecular complexity index is 317. The fourth-order valence-corrected chi connectivity index (χ4v) is 1.55. The quantitative estimate of drug-likeness (QED) is 0.544. The zero-order chi connectivity index (χ0) is 8.55. The van der Waals surface area contributed by atoms with Crippen LogP contribution in [0.2, 0.25) is 0 Å². The summed E-state index contributed by atoms with van der Waals surface area (Å²) in [7, 11) is 0. The van der Waals surface area contributed by atoms with E-state index in [0.29, 0.717) is 6.42 Å². The van der Waals surface area contributed by atoms with Gasteiger partial charge in [0.1, 0.15) is 6.10 Å². The molecule has 0 saturated heterocycles. The van der Waals surface area contributed by atoms with Crippen molar-refractivity contribution in [2.75, 3.05) is 0 Å². The van der Waals surface area contributed by atoms with E-state index in [9.17, 15) is 4.79 Å². The molecule has 1 aromatic carbocycles. The zero-order valence-electron chi connectivity index (χ0n) is 6.91. The third kappa shape index (κ3) is 1.09. The lowest BCUT2D eigenvalue weighted by atomic mass is 9.98. The molecule has 0 bridgehead atoms. The van der Waals surface area contributed by atoms with Crippen LogP contribution in [0.15, 0.2) is 24.3 Å². The second-order valence-corrected chi connectivity index (χ2v) is 3.01. The monoisotopic (exact) mass is 162 g/mol. The molecule has 12 heavy (non-hydrogen) atoms. The standard InChI is InChI=1S/C10H10O2/c1-7-9-5-3-2-4-8(9)6-10(11)12-7/h2-5,7H,6H2,1H3. The van der Waals surface area contributed by atoms with Gasteiger partial charge in [0.15, 0.2) is 0 Å². The van der Waals surface area contributed by atoms with Crippen LogP contribution < -0.4 is 0 Å². The average molecular weight is 162 g/mol. The molecule has 1 aromatic rings. The van der Waals surface area contributed by atoms with Gasteiger partial charge >= 0.3 is 5.97 Å². The third-order valence-corrected chi connectivity index (χ3v) is 2.14. The van der Waals surface area contributed by atoms with E-state index in [1.165, 1.54) is 0 Å². The van der Waals surface area contributed by atoms with Crippen molar-refractivity contribution in [3.8, 4) is 0 Å². The topological polar surface area (TPSA) is 26.3 Å². The maximum atomic E-state index is 11.0. The summed E-state index contributed by atoms with van der Waals surface area (Å²) >= 11 is 0. The van der Waals surface area contributed by atoms with Gasteiger partial charge in [-0.15, -0.1) is 0 Å². The molecule has 0 amide bonds. The predicted octanol–water partition coefficient (Wildman–Crippen LogP) is 1.85. The molecule has 1 heterocycles. The lowest BCUT2D eigenvalue weighted by Crippen LogP contribution is -2.19. The van der Waals surface area contributed by atoms with E-state index in [4.69, 9.17) is 4.74 Å². The van der Waals surface area contributed by atoms with Crippen molar-refractivity contribution in [1.29, 1.82) is 0 Å². The average Bonchev–Trinajstić information content (AvgIpc) is 2.04. The van der Waals surface area contributed by atoms with E-state index in [0.717, 1.165) is 11.1 Å². The maximum absolute atomic E-state index is 11.0. The number of cyclic esters (lactones) is 1. The largest absolute Gasteiger partial charge is 0.458 e. The molecule has 0 fully saturated rings. The molecule has 0 spiro atoms. The molecular weight excluding hydrogens is 152 g/mol. The van der Waals surface area contributed by atoms with Crippen LogP contribution in [0, 0.1) is 0 Å². The minimum atomic E-state index is -0.124. The molecular formula is C10H10O2. The second kappa shape index (κ2) is 2.63. The van der Waals surface area contributed by atoms with Crippen LogP contribution in [0.4, 0.5) is 0 Å². The Labute approximate surface area is 71.2 Å². The van der Waals surface area contributed by atoms with Crippen molar-refractivity contribution in [2.24, 2.45) is 0 Å². The van der Waals surface area contributed by atoms with Crippen LogP contribution >= 0.6 is 0 Å². The van der Waals surface area contributed by atoms with E-state index in [1.807, 2.05) is 31.2 Å². The zero-order valence-corrected chi connectivity index (χ0v) is 6.91. The second-order valence-electron chi connectivity index (χ2n) is 3.01. The van der Waals surface area contributed by atoms with Gasteiger partial charge in [0.25, 0.3) is 0 Å². The van der Waals surface area contributed by atoms with Crippen LogP contribution in [-0.4, -0.2) is 5.97 Å².